The number of hydrazone groups is 1. The minimum atomic E-state index is -3.98. The van der Waals surface area contributed by atoms with Crippen LogP contribution in [-0.2, 0) is 10.0 Å². The predicted octanol–water partition coefficient (Wildman–Crippen LogP) is 5.16. The maximum absolute atomic E-state index is 12.9. The zero-order chi connectivity index (χ0) is 24.3. The van der Waals surface area contributed by atoms with Crippen molar-refractivity contribution in [2.24, 2.45) is 9.50 Å². The Hall–Kier alpha value is -3.21. The summed E-state index contributed by atoms with van der Waals surface area (Å²) < 4.78 is 29.8. The number of nitrogens with zero attached hydrogens (tertiary/aromatic N) is 4. The van der Waals surface area contributed by atoms with Crippen LogP contribution in [0.2, 0.25) is 5.02 Å². The molecule has 3 aromatic carbocycles. The van der Waals surface area contributed by atoms with E-state index >= 15 is 0 Å². The average Bonchev–Trinajstić information content (AvgIpc) is 3.29. The number of non-ortho nitro benzene ring substituents is 1. The number of thioether (sulfide) groups is 1. The van der Waals surface area contributed by atoms with Gasteiger partial charge in [0.05, 0.1) is 22.1 Å². The number of benzene rings is 3. The summed E-state index contributed by atoms with van der Waals surface area (Å²) in [6.45, 7) is 0.367. The number of halogens is 1. The fourth-order valence-electron chi connectivity index (χ4n) is 3.53. The van der Waals surface area contributed by atoms with Gasteiger partial charge in [-0.2, -0.15) is 13.5 Å². The van der Waals surface area contributed by atoms with Gasteiger partial charge in [0.25, 0.3) is 15.7 Å². The van der Waals surface area contributed by atoms with Gasteiger partial charge >= 0.3 is 0 Å². The molecule has 11 heteroatoms. The smallest absolute Gasteiger partial charge is 0.258 e. The number of nitro groups is 1. The van der Waals surface area contributed by atoms with Crippen LogP contribution in [0.15, 0.2) is 93.3 Å². The summed E-state index contributed by atoms with van der Waals surface area (Å²) in [4.78, 5) is 10.6. The van der Waals surface area contributed by atoms with Crippen molar-refractivity contribution in [3.63, 3.8) is 0 Å². The Morgan fingerprint density at radius 3 is 2.32 bits per heavy atom. The summed E-state index contributed by atoms with van der Waals surface area (Å²) in [6.07, 6.45) is 1.73. The van der Waals surface area contributed by atoms with E-state index in [1.807, 2.05) is 30.3 Å². The first-order valence-corrected chi connectivity index (χ1v) is 13.1. The molecule has 0 N–H and O–H groups in total. The van der Waals surface area contributed by atoms with Gasteiger partial charge in [0.2, 0.25) is 0 Å². The lowest BCUT2D eigenvalue weighted by Gasteiger charge is -2.17. The summed E-state index contributed by atoms with van der Waals surface area (Å²) >= 11 is 7.04. The van der Waals surface area contributed by atoms with Gasteiger partial charge in [-0.05, 0) is 53.8 Å². The zero-order valence-corrected chi connectivity index (χ0v) is 20.3. The van der Waals surface area contributed by atoms with Crippen LogP contribution < -0.4 is 0 Å². The van der Waals surface area contributed by atoms with Crippen LogP contribution in [0, 0.1) is 10.1 Å². The summed E-state index contributed by atoms with van der Waals surface area (Å²) in [5.41, 5.74) is 2.36. The number of amidine groups is 1. The average molecular weight is 515 g/mol. The molecule has 1 atom stereocenters. The van der Waals surface area contributed by atoms with Gasteiger partial charge in [-0.1, -0.05) is 53.7 Å². The predicted molar refractivity (Wildman–Crippen MR) is 135 cm³/mol. The summed E-state index contributed by atoms with van der Waals surface area (Å²) in [6, 6.07) is 21.6. The number of nitro benzene ring substituents is 1. The van der Waals surface area contributed by atoms with Gasteiger partial charge in [-0.25, -0.2) is 5.01 Å². The van der Waals surface area contributed by atoms with E-state index in [2.05, 4.69) is 4.40 Å². The van der Waals surface area contributed by atoms with Gasteiger partial charge < -0.3 is 0 Å². The van der Waals surface area contributed by atoms with Crippen LogP contribution in [0.5, 0.6) is 0 Å². The zero-order valence-electron chi connectivity index (χ0n) is 17.9. The van der Waals surface area contributed by atoms with Crippen molar-refractivity contribution in [3.8, 4) is 0 Å². The summed E-state index contributed by atoms with van der Waals surface area (Å²) in [7, 11) is -3.98. The van der Waals surface area contributed by atoms with Crippen LogP contribution in [0.3, 0.4) is 0 Å². The molecule has 1 aliphatic heterocycles. The highest BCUT2D eigenvalue weighted by Gasteiger charge is 2.32. The van der Waals surface area contributed by atoms with E-state index in [0.29, 0.717) is 22.8 Å². The second-order valence-electron chi connectivity index (χ2n) is 7.34. The van der Waals surface area contributed by atoms with Gasteiger partial charge in [-0.3, -0.25) is 10.1 Å². The molecule has 3 aromatic rings. The third-order valence-corrected chi connectivity index (χ3v) is 7.52. The molecule has 4 rings (SSSR count). The third-order valence-electron chi connectivity index (χ3n) is 5.20. The van der Waals surface area contributed by atoms with E-state index in [-0.39, 0.29) is 21.7 Å². The maximum atomic E-state index is 12.9. The molecule has 0 amide bonds. The highest BCUT2D eigenvalue weighted by atomic mass is 35.5. The van der Waals surface area contributed by atoms with Crippen molar-refractivity contribution in [1.29, 1.82) is 0 Å². The molecule has 0 bridgehead atoms. The van der Waals surface area contributed by atoms with Crippen LogP contribution in [0.4, 0.5) is 5.69 Å². The molecule has 0 spiro atoms. The number of sulfonamides is 1. The molecule has 0 fully saturated rings. The van der Waals surface area contributed by atoms with Crippen molar-refractivity contribution >= 4 is 50.0 Å². The normalized spacial score (nSPS) is 16.4. The molecular formula is C23H19ClN4O4S2. The Balaban J connectivity index is 1.74. The van der Waals surface area contributed by atoms with E-state index in [4.69, 9.17) is 16.7 Å². The van der Waals surface area contributed by atoms with Crippen molar-refractivity contribution in [3.05, 3.63) is 105 Å². The molecule has 1 aliphatic rings. The quantitative estimate of drug-likeness (QED) is 0.201. The third kappa shape index (κ3) is 5.14. The minimum absolute atomic E-state index is 0.0177. The molecule has 8 nitrogen and oxygen atoms in total. The Bertz CT molecular complexity index is 1360. The number of hydrogen-bond donors (Lipinski definition) is 0. The summed E-state index contributed by atoms with van der Waals surface area (Å²) in [5.74, 6) is -0.182. The van der Waals surface area contributed by atoms with E-state index in [1.165, 1.54) is 48.2 Å². The Morgan fingerprint density at radius 2 is 1.74 bits per heavy atom. The van der Waals surface area contributed by atoms with Crippen molar-refractivity contribution in [2.45, 2.75) is 10.8 Å². The van der Waals surface area contributed by atoms with Crippen molar-refractivity contribution in [2.75, 3.05) is 12.8 Å². The Morgan fingerprint density at radius 1 is 1.09 bits per heavy atom. The molecule has 0 saturated heterocycles. The van der Waals surface area contributed by atoms with Gasteiger partial charge in [0, 0.05) is 23.1 Å². The van der Waals surface area contributed by atoms with Crippen molar-refractivity contribution in [1.82, 2.24) is 5.01 Å². The van der Waals surface area contributed by atoms with Gasteiger partial charge in [-0.15, -0.1) is 4.40 Å². The largest absolute Gasteiger partial charge is 0.284 e. The van der Waals surface area contributed by atoms with E-state index in [0.717, 1.165) is 5.56 Å². The first-order chi connectivity index (χ1) is 16.3. The maximum Gasteiger partial charge on any atom is 0.284 e. The molecule has 0 aromatic heterocycles. The second kappa shape index (κ2) is 9.96. The SMILES string of the molecule is CS/C(=N\S(=O)(=O)c1ccc(Cl)cc1)N1CC(c2ccccc2)C(c2ccc([N+](=O)[O-])cc2)=N1. The molecule has 1 unspecified atom stereocenters. The lowest BCUT2D eigenvalue weighted by molar-refractivity contribution is -0.384. The van der Waals surface area contributed by atoms with Gasteiger partial charge in [0.15, 0.2) is 5.17 Å². The summed E-state index contributed by atoms with van der Waals surface area (Å²) in [5, 5.41) is 18.0. The van der Waals surface area contributed by atoms with E-state index in [9.17, 15) is 18.5 Å². The first-order valence-electron chi connectivity index (χ1n) is 10.1. The lowest BCUT2D eigenvalue weighted by atomic mass is 9.90. The Kier molecular flexibility index (Phi) is 7.01. The molecule has 1 heterocycles. The second-order valence-corrected chi connectivity index (χ2v) is 10.2. The molecule has 0 radical (unpaired) electrons. The minimum Gasteiger partial charge on any atom is -0.258 e. The fraction of sp³-hybridized carbons (Fsp3) is 0.130. The molecule has 34 heavy (non-hydrogen) atoms. The molecule has 174 valence electrons. The molecule has 0 aliphatic carbocycles. The van der Waals surface area contributed by atoms with Crippen LogP contribution >= 0.6 is 23.4 Å². The highest BCUT2D eigenvalue weighted by molar-refractivity contribution is 8.13. The van der Waals surface area contributed by atoms with Crippen LogP contribution in [-0.4, -0.2) is 42.0 Å². The fourth-order valence-corrected chi connectivity index (χ4v) is 5.46. The Labute approximate surface area is 206 Å². The topological polar surface area (TPSA) is 105 Å². The first kappa shape index (κ1) is 23.9. The molecular weight excluding hydrogens is 496 g/mol. The monoisotopic (exact) mass is 514 g/mol. The van der Waals surface area contributed by atoms with E-state index in [1.54, 1.807) is 23.4 Å². The molecule has 0 saturated carbocycles. The lowest BCUT2D eigenvalue weighted by Crippen LogP contribution is -2.24. The number of rotatable bonds is 5. The highest BCUT2D eigenvalue weighted by Crippen LogP contribution is 2.31. The number of hydrogen-bond acceptors (Lipinski definition) is 6. The standard InChI is InChI=1S/C23H19ClN4O4S2/c1-33-23(26-34(31,32)20-13-9-18(24)10-14-20)27-15-21(16-5-3-2-4-6-16)22(25-27)17-7-11-19(12-8-17)28(29)30/h2-14,21H,15H2,1H3/b26-23-. The van der Waals surface area contributed by atoms with E-state index < -0.39 is 14.9 Å². The van der Waals surface area contributed by atoms with Crippen molar-refractivity contribution < 1.29 is 13.3 Å². The van der Waals surface area contributed by atoms with Crippen LogP contribution in [0.1, 0.15) is 17.0 Å². The van der Waals surface area contributed by atoms with Gasteiger partial charge in [0.1, 0.15) is 0 Å². The van der Waals surface area contributed by atoms with Crippen LogP contribution in [0.25, 0.3) is 0 Å².